The van der Waals surface area contributed by atoms with Gasteiger partial charge >= 0.3 is 0 Å². The number of aromatic amines is 1. The first kappa shape index (κ1) is 18.2. The summed E-state index contributed by atoms with van der Waals surface area (Å²) in [6.45, 7) is 0. The fourth-order valence-electron chi connectivity index (χ4n) is 4.89. The van der Waals surface area contributed by atoms with Crippen LogP contribution in [0.1, 0.15) is 36.3 Å². The molecular weight excluding hydrogens is 374 g/mol. The highest BCUT2D eigenvalue weighted by Gasteiger charge is 2.14. The number of benzene rings is 3. The van der Waals surface area contributed by atoms with Crippen LogP contribution >= 0.6 is 0 Å². The highest BCUT2D eigenvalue weighted by atomic mass is 14.7. The molecule has 1 atom stereocenters. The molecule has 0 saturated heterocycles. The van der Waals surface area contributed by atoms with Gasteiger partial charge in [0.1, 0.15) is 0 Å². The summed E-state index contributed by atoms with van der Waals surface area (Å²) < 4.78 is 0. The van der Waals surface area contributed by atoms with E-state index in [1.54, 1.807) is 0 Å². The zero-order chi connectivity index (χ0) is 20.6. The molecule has 1 heteroatoms. The fraction of sp³-hybridized carbons (Fsp3) is 0.133. The molecule has 0 fully saturated rings. The predicted octanol–water partition coefficient (Wildman–Crippen LogP) is 8.32. The van der Waals surface area contributed by atoms with E-state index < -0.39 is 0 Å². The maximum Gasteiger partial charge on any atom is 0.0471 e. The number of para-hydroxylation sites is 1. The van der Waals surface area contributed by atoms with Crippen LogP contribution in [0.2, 0.25) is 0 Å². The Balaban J connectivity index is 1.50. The van der Waals surface area contributed by atoms with Crippen LogP contribution in [0, 0.1) is 0 Å². The average molecular weight is 400 g/mol. The molecule has 3 aromatic carbocycles. The van der Waals surface area contributed by atoms with E-state index in [1.807, 2.05) is 0 Å². The number of rotatable bonds is 3. The van der Waals surface area contributed by atoms with Gasteiger partial charge in [-0.3, -0.25) is 0 Å². The van der Waals surface area contributed by atoms with E-state index in [0.717, 1.165) is 19.3 Å². The lowest BCUT2D eigenvalue weighted by Crippen LogP contribution is -1.99. The smallest absolute Gasteiger partial charge is 0.0471 e. The Morgan fingerprint density at radius 1 is 0.710 bits per heavy atom. The minimum atomic E-state index is 0.439. The topological polar surface area (TPSA) is 15.8 Å². The largest absolute Gasteiger partial charge is 0.354 e. The Kier molecular flexibility index (Phi) is 4.46. The van der Waals surface area contributed by atoms with E-state index >= 15 is 0 Å². The minimum Gasteiger partial charge on any atom is -0.354 e. The first-order chi connectivity index (χ1) is 15.3. The molecule has 150 valence electrons. The fourth-order valence-corrected chi connectivity index (χ4v) is 4.89. The van der Waals surface area contributed by atoms with Gasteiger partial charge in [-0.25, -0.2) is 0 Å². The zero-order valence-corrected chi connectivity index (χ0v) is 17.5. The second kappa shape index (κ2) is 7.59. The van der Waals surface area contributed by atoms with Crippen molar-refractivity contribution < 1.29 is 0 Å². The van der Waals surface area contributed by atoms with Crippen molar-refractivity contribution in [3.8, 4) is 11.1 Å². The molecule has 2 aliphatic carbocycles. The number of hydrogen-bond donors (Lipinski definition) is 1. The minimum absolute atomic E-state index is 0.439. The Hall–Kier alpha value is -3.58. The second-order valence-electron chi connectivity index (χ2n) is 8.57. The maximum absolute atomic E-state index is 3.60. The molecule has 1 heterocycles. The SMILES string of the molecule is C1=CCC(c2cc(C3=CCCC=C3)cc(-c3ccc4c(c3)[nH]c3ccccc34)c2)C=C1. The van der Waals surface area contributed by atoms with Crippen molar-refractivity contribution in [3.63, 3.8) is 0 Å². The molecule has 1 aromatic heterocycles. The Labute approximate surface area is 183 Å². The summed E-state index contributed by atoms with van der Waals surface area (Å²) in [7, 11) is 0. The van der Waals surface area contributed by atoms with Crippen molar-refractivity contribution in [2.24, 2.45) is 0 Å². The normalized spacial score (nSPS) is 18.1. The number of H-pyrrole nitrogens is 1. The van der Waals surface area contributed by atoms with Crippen LogP contribution in [-0.4, -0.2) is 4.98 Å². The first-order valence-electron chi connectivity index (χ1n) is 11.2. The number of fused-ring (bicyclic) bond motifs is 3. The predicted molar refractivity (Wildman–Crippen MR) is 133 cm³/mol. The molecule has 0 saturated carbocycles. The van der Waals surface area contributed by atoms with Gasteiger partial charge in [0.2, 0.25) is 0 Å². The number of aromatic nitrogens is 1. The molecule has 1 unspecified atom stereocenters. The highest BCUT2D eigenvalue weighted by molar-refractivity contribution is 6.08. The van der Waals surface area contributed by atoms with Gasteiger partial charge in [0.15, 0.2) is 0 Å². The van der Waals surface area contributed by atoms with E-state index in [2.05, 4.69) is 108 Å². The molecule has 2 aliphatic rings. The van der Waals surface area contributed by atoms with Gasteiger partial charge in [-0.15, -0.1) is 0 Å². The monoisotopic (exact) mass is 399 g/mol. The van der Waals surface area contributed by atoms with Gasteiger partial charge in [-0.05, 0) is 65.3 Å². The van der Waals surface area contributed by atoms with Crippen LogP contribution in [-0.2, 0) is 0 Å². The second-order valence-corrected chi connectivity index (χ2v) is 8.57. The van der Waals surface area contributed by atoms with Crippen LogP contribution in [0.5, 0.6) is 0 Å². The summed E-state index contributed by atoms with van der Waals surface area (Å²) in [6, 6.07) is 22.5. The van der Waals surface area contributed by atoms with Crippen molar-refractivity contribution >= 4 is 27.4 Å². The molecule has 0 amide bonds. The van der Waals surface area contributed by atoms with Crippen LogP contribution < -0.4 is 0 Å². The standard InChI is InChI=1S/C30H25N/c1-3-9-21(10-4-1)24-17-25(22-11-5-2-6-12-22)19-26(18-24)23-15-16-28-27-13-7-8-14-29(27)31-30(28)20-23/h1,3-5,7-9,11-21,31H,2,6,10H2. The van der Waals surface area contributed by atoms with Gasteiger partial charge in [0.25, 0.3) is 0 Å². The van der Waals surface area contributed by atoms with Crippen molar-refractivity contribution in [3.05, 3.63) is 114 Å². The van der Waals surface area contributed by atoms with Gasteiger partial charge in [0, 0.05) is 27.7 Å². The van der Waals surface area contributed by atoms with Crippen molar-refractivity contribution in [1.82, 2.24) is 4.98 Å². The summed E-state index contributed by atoms with van der Waals surface area (Å²) >= 11 is 0. The summed E-state index contributed by atoms with van der Waals surface area (Å²) in [5.41, 5.74) is 9.00. The average Bonchev–Trinajstić information content (AvgIpc) is 3.23. The molecule has 1 nitrogen and oxygen atoms in total. The van der Waals surface area contributed by atoms with Crippen LogP contribution in [0.15, 0.2) is 103 Å². The Morgan fingerprint density at radius 2 is 1.61 bits per heavy atom. The van der Waals surface area contributed by atoms with Crippen LogP contribution in [0.25, 0.3) is 38.5 Å². The van der Waals surface area contributed by atoms with E-state index in [9.17, 15) is 0 Å². The quantitative estimate of drug-likeness (QED) is 0.356. The van der Waals surface area contributed by atoms with E-state index in [1.165, 1.54) is 49.6 Å². The van der Waals surface area contributed by atoms with E-state index in [4.69, 9.17) is 0 Å². The first-order valence-corrected chi connectivity index (χ1v) is 11.2. The van der Waals surface area contributed by atoms with E-state index in [0.29, 0.717) is 5.92 Å². The van der Waals surface area contributed by atoms with Crippen molar-refractivity contribution in [1.29, 1.82) is 0 Å². The number of allylic oxidation sites excluding steroid dienone is 8. The molecule has 0 aliphatic heterocycles. The Morgan fingerprint density at radius 3 is 2.48 bits per heavy atom. The summed E-state index contributed by atoms with van der Waals surface area (Å²) in [6.07, 6.45) is 19.2. The third-order valence-electron chi connectivity index (χ3n) is 6.53. The third kappa shape index (κ3) is 3.37. The van der Waals surface area contributed by atoms with Crippen molar-refractivity contribution in [2.75, 3.05) is 0 Å². The lowest BCUT2D eigenvalue weighted by atomic mass is 9.86. The van der Waals surface area contributed by atoms with Gasteiger partial charge < -0.3 is 4.98 Å². The van der Waals surface area contributed by atoms with Crippen LogP contribution in [0.4, 0.5) is 0 Å². The number of hydrogen-bond acceptors (Lipinski definition) is 0. The lowest BCUT2D eigenvalue weighted by Gasteiger charge is -2.18. The molecule has 31 heavy (non-hydrogen) atoms. The lowest BCUT2D eigenvalue weighted by molar-refractivity contribution is 0.853. The van der Waals surface area contributed by atoms with Crippen LogP contribution in [0.3, 0.4) is 0 Å². The molecule has 1 N–H and O–H groups in total. The van der Waals surface area contributed by atoms with E-state index in [-0.39, 0.29) is 0 Å². The highest BCUT2D eigenvalue weighted by Crippen LogP contribution is 2.35. The van der Waals surface area contributed by atoms with Gasteiger partial charge in [-0.1, -0.05) is 85.0 Å². The molecular formula is C30H25N. The zero-order valence-electron chi connectivity index (χ0n) is 17.5. The molecule has 0 spiro atoms. The number of nitrogens with one attached hydrogen (secondary N) is 1. The van der Waals surface area contributed by atoms with Crippen molar-refractivity contribution in [2.45, 2.75) is 25.2 Å². The summed E-state index contributed by atoms with van der Waals surface area (Å²) in [5, 5.41) is 2.57. The molecule has 0 radical (unpaired) electrons. The summed E-state index contributed by atoms with van der Waals surface area (Å²) in [5.74, 6) is 0.439. The summed E-state index contributed by atoms with van der Waals surface area (Å²) in [4.78, 5) is 3.60. The molecule has 0 bridgehead atoms. The third-order valence-corrected chi connectivity index (χ3v) is 6.53. The Bertz CT molecular complexity index is 1410. The van der Waals surface area contributed by atoms with Gasteiger partial charge in [-0.2, -0.15) is 0 Å². The van der Waals surface area contributed by atoms with Gasteiger partial charge in [0.05, 0.1) is 0 Å². The molecule has 4 aromatic rings. The molecule has 6 rings (SSSR count). The maximum atomic E-state index is 3.60.